The van der Waals surface area contributed by atoms with E-state index in [0.717, 1.165) is 15.8 Å². The van der Waals surface area contributed by atoms with E-state index in [1.165, 1.54) is 5.56 Å². The fourth-order valence-corrected chi connectivity index (χ4v) is 3.77. The molecule has 0 saturated carbocycles. The van der Waals surface area contributed by atoms with Gasteiger partial charge < -0.3 is 5.32 Å². The van der Waals surface area contributed by atoms with Gasteiger partial charge in [-0.1, -0.05) is 48.0 Å². The van der Waals surface area contributed by atoms with E-state index in [0.29, 0.717) is 5.56 Å². The summed E-state index contributed by atoms with van der Waals surface area (Å²) in [6.07, 6.45) is -0.0453. The highest BCUT2D eigenvalue weighted by molar-refractivity contribution is 9.10. The molecule has 21 heavy (non-hydrogen) atoms. The molecule has 0 radical (unpaired) electrons. The van der Waals surface area contributed by atoms with Crippen molar-refractivity contribution < 1.29 is 4.79 Å². The molecule has 0 saturated heterocycles. The van der Waals surface area contributed by atoms with E-state index in [1.54, 1.807) is 0 Å². The van der Waals surface area contributed by atoms with E-state index in [9.17, 15) is 4.79 Å². The highest BCUT2D eigenvalue weighted by Gasteiger charge is 2.49. The van der Waals surface area contributed by atoms with Crippen LogP contribution < -0.4 is 10.2 Å². The van der Waals surface area contributed by atoms with Crippen LogP contribution in [0.3, 0.4) is 0 Å². The normalized spacial score (nSPS) is 21.4. The van der Waals surface area contributed by atoms with Crippen LogP contribution in [0.15, 0.2) is 46.9 Å². The molecular formula is C17H15BrN2O. The van der Waals surface area contributed by atoms with E-state index in [4.69, 9.17) is 0 Å². The average molecular weight is 343 g/mol. The standard InChI is InChI=1S/C17H15BrN2O/c1-17(2)12-5-3-4-6-14(12)20-15(21)11-9-10(18)7-8-13(11)19-16(17)20/h3-9,16,19H,1-2H3. The minimum atomic E-state index is -0.128. The van der Waals surface area contributed by atoms with E-state index in [-0.39, 0.29) is 17.5 Å². The fourth-order valence-electron chi connectivity index (χ4n) is 3.41. The molecule has 4 rings (SSSR count). The first-order valence-corrected chi connectivity index (χ1v) is 7.78. The van der Waals surface area contributed by atoms with Gasteiger partial charge in [-0.15, -0.1) is 0 Å². The van der Waals surface area contributed by atoms with Gasteiger partial charge in [-0.2, -0.15) is 0 Å². The Morgan fingerprint density at radius 2 is 1.95 bits per heavy atom. The molecule has 2 aliphatic heterocycles. The summed E-state index contributed by atoms with van der Waals surface area (Å²) in [6.45, 7) is 4.36. The maximum absolute atomic E-state index is 13.0. The van der Waals surface area contributed by atoms with Crippen molar-refractivity contribution in [2.24, 2.45) is 0 Å². The molecule has 4 heteroatoms. The summed E-state index contributed by atoms with van der Waals surface area (Å²) in [5, 5.41) is 3.54. The molecule has 1 amide bonds. The first-order chi connectivity index (χ1) is 10.00. The summed E-state index contributed by atoms with van der Waals surface area (Å²) in [4.78, 5) is 14.9. The number of nitrogens with one attached hydrogen (secondary N) is 1. The van der Waals surface area contributed by atoms with Crippen LogP contribution in [0.2, 0.25) is 0 Å². The average Bonchev–Trinajstić information content (AvgIpc) is 2.69. The van der Waals surface area contributed by atoms with Crippen LogP contribution in [0.4, 0.5) is 11.4 Å². The number of rotatable bonds is 0. The number of carbonyl (C=O) groups is 1. The topological polar surface area (TPSA) is 32.3 Å². The quantitative estimate of drug-likeness (QED) is 0.780. The van der Waals surface area contributed by atoms with E-state index in [1.807, 2.05) is 41.3 Å². The number of nitrogens with zero attached hydrogens (tertiary/aromatic N) is 1. The lowest BCUT2D eigenvalue weighted by atomic mass is 9.83. The van der Waals surface area contributed by atoms with Crippen molar-refractivity contribution in [1.82, 2.24) is 0 Å². The molecule has 0 fully saturated rings. The number of halogens is 1. The van der Waals surface area contributed by atoms with Crippen molar-refractivity contribution >= 4 is 33.2 Å². The third-order valence-corrected chi connectivity index (χ3v) is 5.02. The van der Waals surface area contributed by atoms with Gasteiger partial charge in [0.15, 0.2) is 0 Å². The molecule has 1 unspecified atom stereocenters. The Morgan fingerprint density at radius 1 is 1.19 bits per heavy atom. The molecule has 1 atom stereocenters. The Morgan fingerprint density at radius 3 is 2.76 bits per heavy atom. The maximum atomic E-state index is 13.0. The number of carbonyl (C=O) groups excluding carboxylic acids is 1. The van der Waals surface area contributed by atoms with Gasteiger partial charge in [0.05, 0.1) is 11.3 Å². The fraction of sp³-hybridized carbons (Fsp3) is 0.235. The predicted molar refractivity (Wildman–Crippen MR) is 87.8 cm³/mol. The largest absolute Gasteiger partial charge is 0.363 e. The van der Waals surface area contributed by atoms with Gasteiger partial charge in [-0.3, -0.25) is 9.69 Å². The Labute approximate surface area is 132 Å². The van der Waals surface area contributed by atoms with E-state index >= 15 is 0 Å². The van der Waals surface area contributed by atoms with Crippen molar-refractivity contribution in [3.05, 3.63) is 58.1 Å². The SMILES string of the molecule is CC1(C)c2ccccc2N2C(=O)c3cc(Br)ccc3NC21. The van der Waals surface area contributed by atoms with Crippen molar-refractivity contribution in [1.29, 1.82) is 0 Å². The van der Waals surface area contributed by atoms with Crippen LogP contribution in [-0.2, 0) is 5.41 Å². The molecule has 0 spiro atoms. The monoisotopic (exact) mass is 342 g/mol. The summed E-state index contributed by atoms with van der Waals surface area (Å²) < 4.78 is 0.918. The molecule has 1 N–H and O–H groups in total. The van der Waals surface area contributed by atoms with Gasteiger partial charge in [-0.25, -0.2) is 0 Å². The Balaban J connectivity index is 1.94. The second kappa shape index (κ2) is 4.10. The summed E-state index contributed by atoms with van der Waals surface area (Å²) in [6, 6.07) is 14.0. The molecule has 2 aromatic carbocycles. The second-order valence-electron chi connectivity index (χ2n) is 6.15. The summed E-state index contributed by atoms with van der Waals surface area (Å²) >= 11 is 3.45. The molecular weight excluding hydrogens is 328 g/mol. The smallest absolute Gasteiger partial charge is 0.262 e. The van der Waals surface area contributed by atoms with Crippen LogP contribution in [-0.4, -0.2) is 12.1 Å². The van der Waals surface area contributed by atoms with Gasteiger partial charge in [-0.05, 0) is 29.8 Å². The van der Waals surface area contributed by atoms with Crippen LogP contribution >= 0.6 is 15.9 Å². The van der Waals surface area contributed by atoms with Gasteiger partial charge in [0.2, 0.25) is 0 Å². The molecule has 0 aliphatic carbocycles. The van der Waals surface area contributed by atoms with E-state index in [2.05, 4.69) is 41.2 Å². The minimum absolute atomic E-state index is 0.0453. The first kappa shape index (κ1) is 12.9. The van der Waals surface area contributed by atoms with Gasteiger partial charge in [0, 0.05) is 15.6 Å². The summed E-state index contributed by atoms with van der Waals surface area (Å²) in [5.74, 6) is 0.0630. The molecule has 2 aliphatic rings. The Kier molecular flexibility index (Phi) is 2.52. The zero-order valence-corrected chi connectivity index (χ0v) is 13.4. The van der Waals surface area contributed by atoms with Gasteiger partial charge in [0.1, 0.15) is 6.17 Å². The van der Waals surface area contributed by atoms with Crippen molar-refractivity contribution in [2.75, 3.05) is 10.2 Å². The Bertz CT molecular complexity index is 769. The number of fused-ring (bicyclic) bond motifs is 4. The van der Waals surface area contributed by atoms with Crippen LogP contribution in [0.25, 0.3) is 0 Å². The molecule has 0 bridgehead atoms. The third-order valence-electron chi connectivity index (χ3n) is 4.52. The predicted octanol–water partition coefficient (Wildman–Crippen LogP) is 4.14. The van der Waals surface area contributed by atoms with Crippen molar-refractivity contribution in [3.63, 3.8) is 0 Å². The van der Waals surface area contributed by atoms with Crippen LogP contribution in [0.5, 0.6) is 0 Å². The molecule has 2 aromatic rings. The molecule has 3 nitrogen and oxygen atoms in total. The zero-order valence-electron chi connectivity index (χ0n) is 11.9. The minimum Gasteiger partial charge on any atom is -0.363 e. The highest BCUT2D eigenvalue weighted by Crippen LogP contribution is 2.48. The zero-order chi connectivity index (χ0) is 14.8. The number of hydrogen-bond acceptors (Lipinski definition) is 2. The number of anilines is 2. The number of benzene rings is 2. The second-order valence-corrected chi connectivity index (χ2v) is 7.07. The highest BCUT2D eigenvalue weighted by atomic mass is 79.9. The van der Waals surface area contributed by atoms with Crippen LogP contribution in [0, 0.1) is 0 Å². The van der Waals surface area contributed by atoms with Crippen molar-refractivity contribution in [2.45, 2.75) is 25.4 Å². The number of amides is 1. The molecule has 106 valence electrons. The first-order valence-electron chi connectivity index (χ1n) is 6.99. The molecule has 2 heterocycles. The van der Waals surface area contributed by atoms with E-state index < -0.39 is 0 Å². The third kappa shape index (κ3) is 1.62. The maximum Gasteiger partial charge on any atom is 0.262 e. The number of hydrogen-bond donors (Lipinski definition) is 1. The Hall–Kier alpha value is -1.81. The summed E-state index contributed by atoms with van der Waals surface area (Å²) in [7, 11) is 0. The molecule has 0 aromatic heterocycles. The van der Waals surface area contributed by atoms with Crippen molar-refractivity contribution in [3.8, 4) is 0 Å². The van der Waals surface area contributed by atoms with Gasteiger partial charge in [0.25, 0.3) is 5.91 Å². The van der Waals surface area contributed by atoms with Crippen LogP contribution in [0.1, 0.15) is 29.8 Å². The lowest BCUT2D eigenvalue weighted by molar-refractivity contribution is 0.0971. The van der Waals surface area contributed by atoms with Gasteiger partial charge >= 0.3 is 0 Å². The lowest BCUT2D eigenvalue weighted by Crippen LogP contribution is -2.53. The lowest BCUT2D eigenvalue weighted by Gasteiger charge is -2.38. The summed E-state index contributed by atoms with van der Waals surface area (Å²) in [5.41, 5.74) is 3.72. The number of para-hydroxylation sites is 1.